The van der Waals surface area contributed by atoms with Crippen LogP contribution in [0.2, 0.25) is 0 Å². The molecule has 4 rings (SSSR count). The number of hydrogen-bond donors (Lipinski definition) is 1. The van der Waals surface area contributed by atoms with Crippen LogP contribution in [-0.2, 0) is 0 Å². The van der Waals surface area contributed by atoms with E-state index in [0.29, 0.717) is 11.5 Å². The van der Waals surface area contributed by atoms with Gasteiger partial charge in [-0.3, -0.25) is 0 Å². The van der Waals surface area contributed by atoms with E-state index in [2.05, 4.69) is 11.1 Å². The molecule has 4 nitrogen and oxygen atoms in total. The van der Waals surface area contributed by atoms with Crippen LogP contribution in [0.25, 0.3) is 10.6 Å². The van der Waals surface area contributed by atoms with Gasteiger partial charge >= 0.3 is 0 Å². The third-order valence-corrected chi connectivity index (χ3v) is 5.07. The molecule has 1 atom stereocenters. The molecule has 0 bridgehead atoms. The largest absolute Gasteiger partial charge is 0.421 e. The maximum absolute atomic E-state index is 9.56. The number of benzene rings is 2. The zero-order valence-corrected chi connectivity index (χ0v) is 13.5. The van der Waals surface area contributed by atoms with Crippen LogP contribution >= 0.6 is 11.3 Å². The minimum absolute atomic E-state index is 0.128. The van der Waals surface area contributed by atoms with Gasteiger partial charge in [-0.15, -0.1) is 11.3 Å². The van der Waals surface area contributed by atoms with Crippen LogP contribution < -0.4 is 10.5 Å². The average molecular weight is 331 g/mol. The quantitative estimate of drug-likeness (QED) is 0.769. The highest BCUT2D eigenvalue weighted by molar-refractivity contribution is 7.15. The van der Waals surface area contributed by atoms with Crippen molar-refractivity contribution >= 4 is 11.3 Å². The number of hydrogen-bond acceptors (Lipinski definition) is 5. The van der Waals surface area contributed by atoms with E-state index >= 15 is 0 Å². The SMILES string of the molecule is N#CC1=C(N)Oc2nc(-c3ccccc3)sc2[C@H]1c1ccccc1. The van der Waals surface area contributed by atoms with Crippen molar-refractivity contribution in [1.82, 2.24) is 4.98 Å². The molecule has 0 aliphatic carbocycles. The van der Waals surface area contributed by atoms with Gasteiger partial charge in [0.2, 0.25) is 11.8 Å². The van der Waals surface area contributed by atoms with Gasteiger partial charge in [0.1, 0.15) is 16.6 Å². The van der Waals surface area contributed by atoms with Gasteiger partial charge in [0.05, 0.1) is 10.8 Å². The summed E-state index contributed by atoms with van der Waals surface area (Å²) in [6.07, 6.45) is 0. The monoisotopic (exact) mass is 331 g/mol. The Morgan fingerprint density at radius 1 is 1.04 bits per heavy atom. The Morgan fingerprint density at radius 3 is 2.38 bits per heavy atom. The minimum Gasteiger partial charge on any atom is -0.421 e. The second-order valence-electron chi connectivity index (χ2n) is 5.39. The molecule has 1 aliphatic heterocycles. The van der Waals surface area contributed by atoms with Crippen molar-refractivity contribution in [3.8, 4) is 22.5 Å². The van der Waals surface area contributed by atoms with Gasteiger partial charge in [0.15, 0.2) is 0 Å². The molecule has 2 heterocycles. The van der Waals surface area contributed by atoms with Crippen molar-refractivity contribution in [3.05, 3.63) is 82.6 Å². The lowest BCUT2D eigenvalue weighted by atomic mass is 9.89. The van der Waals surface area contributed by atoms with Crippen LogP contribution in [0, 0.1) is 11.3 Å². The Bertz CT molecular complexity index is 955. The number of nitrogens with two attached hydrogens (primary N) is 1. The number of nitriles is 1. The van der Waals surface area contributed by atoms with Crippen LogP contribution in [0.15, 0.2) is 72.1 Å². The summed E-state index contributed by atoms with van der Waals surface area (Å²) in [6, 6.07) is 22.0. The molecule has 2 N–H and O–H groups in total. The summed E-state index contributed by atoms with van der Waals surface area (Å²) in [7, 11) is 0. The second kappa shape index (κ2) is 5.84. The molecule has 0 saturated carbocycles. The summed E-state index contributed by atoms with van der Waals surface area (Å²) in [4.78, 5) is 5.50. The van der Waals surface area contributed by atoms with Gasteiger partial charge in [-0.25, -0.2) is 4.98 Å². The maximum atomic E-state index is 9.56. The van der Waals surface area contributed by atoms with Crippen LogP contribution in [0.3, 0.4) is 0 Å². The molecular weight excluding hydrogens is 318 g/mol. The number of rotatable bonds is 2. The second-order valence-corrected chi connectivity index (χ2v) is 6.42. The highest BCUT2D eigenvalue weighted by Crippen LogP contribution is 2.46. The average Bonchev–Trinajstić information content (AvgIpc) is 3.05. The van der Waals surface area contributed by atoms with E-state index in [9.17, 15) is 5.26 Å². The highest BCUT2D eigenvalue weighted by Gasteiger charge is 2.34. The molecule has 0 radical (unpaired) electrons. The number of fused-ring (bicyclic) bond motifs is 1. The standard InChI is InChI=1S/C19H13N3OS/c20-11-14-15(12-7-3-1-4-8-12)16-18(23-17(14)21)22-19(24-16)13-9-5-2-6-10-13/h1-10,15H,21H2/t15-/m0/s1. The van der Waals surface area contributed by atoms with Gasteiger partial charge in [-0.1, -0.05) is 60.7 Å². The first-order chi connectivity index (χ1) is 11.8. The maximum Gasteiger partial charge on any atom is 0.236 e. The summed E-state index contributed by atoms with van der Waals surface area (Å²) in [5, 5.41) is 10.4. The van der Waals surface area contributed by atoms with Crippen LogP contribution in [0.4, 0.5) is 0 Å². The zero-order valence-electron chi connectivity index (χ0n) is 12.6. The molecule has 0 saturated heterocycles. The Hall–Kier alpha value is -3.10. The Labute approximate surface area is 143 Å². The van der Waals surface area contributed by atoms with E-state index in [4.69, 9.17) is 10.5 Å². The number of allylic oxidation sites excluding steroid dienone is 1. The van der Waals surface area contributed by atoms with E-state index < -0.39 is 0 Å². The first kappa shape index (κ1) is 14.5. The molecule has 0 amide bonds. The van der Waals surface area contributed by atoms with E-state index in [1.165, 1.54) is 11.3 Å². The first-order valence-corrected chi connectivity index (χ1v) is 8.28. The molecule has 5 heteroatoms. The summed E-state index contributed by atoms with van der Waals surface area (Å²) in [5.74, 6) is 0.378. The zero-order chi connectivity index (χ0) is 16.5. The fraction of sp³-hybridized carbons (Fsp3) is 0.0526. The van der Waals surface area contributed by atoms with Gasteiger partial charge < -0.3 is 10.5 Å². The van der Waals surface area contributed by atoms with Crippen molar-refractivity contribution in [2.45, 2.75) is 5.92 Å². The van der Waals surface area contributed by atoms with Crippen LogP contribution in [0.1, 0.15) is 16.4 Å². The molecule has 0 spiro atoms. The molecule has 24 heavy (non-hydrogen) atoms. The van der Waals surface area contributed by atoms with E-state index in [1.54, 1.807) is 0 Å². The fourth-order valence-corrected chi connectivity index (χ4v) is 3.93. The van der Waals surface area contributed by atoms with Gasteiger partial charge in [-0.2, -0.15) is 5.26 Å². The lowest BCUT2D eigenvalue weighted by molar-refractivity contribution is 0.383. The predicted molar refractivity (Wildman–Crippen MR) is 93.3 cm³/mol. The number of nitrogens with zero attached hydrogens (tertiary/aromatic N) is 2. The molecule has 1 aromatic heterocycles. The van der Waals surface area contributed by atoms with Crippen LogP contribution in [0.5, 0.6) is 5.88 Å². The summed E-state index contributed by atoms with van der Waals surface area (Å²) < 4.78 is 5.62. The fourth-order valence-electron chi connectivity index (χ4n) is 2.79. The van der Waals surface area contributed by atoms with Crippen LogP contribution in [-0.4, -0.2) is 4.98 Å². The van der Waals surface area contributed by atoms with Crippen molar-refractivity contribution in [1.29, 1.82) is 5.26 Å². The highest BCUT2D eigenvalue weighted by atomic mass is 32.1. The van der Waals surface area contributed by atoms with Crippen molar-refractivity contribution < 1.29 is 4.74 Å². The minimum atomic E-state index is -0.241. The Kier molecular flexibility index (Phi) is 3.52. The molecular formula is C19H13N3OS. The van der Waals surface area contributed by atoms with Crippen molar-refractivity contribution in [2.24, 2.45) is 5.73 Å². The summed E-state index contributed by atoms with van der Waals surface area (Å²) >= 11 is 1.54. The lowest BCUT2D eigenvalue weighted by Crippen LogP contribution is -2.20. The first-order valence-electron chi connectivity index (χ1n) is 7.46. The molecule has 2 aromatic carbocycles. The smallest absolute Gasteiger partial charge is 0.236 e. The molecule has 3 aromatic rings. The molecule has 116 valence electrons. The predicted octanol–water partition coefficient (Wildman–Crippen LogP) is 4.03. The van der Waals surface area contributed by atoms with Crippen molar-refractivity contribution in [2.75, 3.05) is 0 Å². The third kappa shape index (κ3) is 2.34. The van der Waals surface area contributed by atoms with Gasteiger partial charge in [0.25, 0.3) is 0 Å². The molecule has 1 aliphatic rings. The van der Waals surface area contributed by atoms with Gasteiger partial charge in [-0.05, 0) is 5.56 Å². The van der Waals surface area contributed by atoms with E-state index in [-0.39, 0.29) is 11.8 Å². The molecule has 0 unspecified atom stereocenters. The summed E-state index contributed by atoms with van der Waals surface area (Å²) in [5.41, 5.74) is 8.43. The Balaban J connectivity index is 1.88. The Morgan fingerprint density at radius 2 is 1.71 bits per heavy atom. The normalized spacial score (nSPS) is 16.2. The topological polar surface area (TPSA) is 71.9 Å². The van der Waals surface area contributed by atoms with Gasteiger partial charge in [0, 0.05) is 5.56 Å². The van der Waals surface area contributed by atoms with Crippen molar-refractivity contribution in [3.63, 3.8) is 0 Å². The number of aromatic nitrogens is 1. The van der Waals surface area contributed by atoms with E-state index in [1.807, 2.05) is 60.7 Å². The van der Waals surface area contributed by atoms with E-state index in [0.717, 1.165) is 21.0 Å². The number of thiazole rings is 1. The lowest BCUT2D eigenvalue weighted by Gasteiger charge is -2.22. The number of ether oxygens (including phenoxy) is 1. The third-order valence-electron chi connectivity index (χ3n) is 3.92. The molecule has 0 fully saturated rings. The summed E-state index contributed by atoms with van der Waals surface area (Å²) in [6.45, 7) is 0.